The molecule has 2 rings (SSSR count). The molecule has 0 aromatic carbocycles. The van der Waals surface area contributed by atoms with Crippen LogP contribution >= 0.6 is 0 Å². The molecule has 0 saturated carbocycles. The Morgan fingerprint density at radius 1 is 1.05 bits per heavy atom. The minimum Gasteiger partial charge on any atom is -0.466 e. The monoisotopic (exact) mass is 270 g/mol. The quantitative estimate of drug-likeness (QED) is 0.637. The Hall–Kier alpha value is -0.610. The van der Waals surface area contributed by atoms with E-state index < -0.39 is 0 Å². The fourth-order valence-electron chi connectivity index (χ4n) is 3.68. The second-order valence-electron chi connectivity index (χ2n) is 6.06. The van der Waals surface area contributed by atoms with Gasteiger partial charge >= 0.3 is 5.97 Å². The number of ether oxygens (including phenoxy) is 1. The Morgan fingerprint density at radius 2 is 1.68 bits per heavy atom. The van der Waals surface area contributed by atoms with E-state index in [1.807, 2.05) is 6.92 Å². The summed E-state index contributed by atoms with van der Waals surface area (Å²) in [7, 11) is 0. The predicted molar refractivity (Wildman–Crippen MR) is 74.3 cm³/mol. The normalized spacial score (nSPS) is 35.9. The van der Waals surface area contributed by atoms with Crippen LogP contribution in [0.2, 0.25) is 0 Å². The molecular formula is C15H30N2O2+2. The average molecular weight is 270 g/mol. The predicted octanol–water partition coefficient (Wildman–Crippen LogP) is -1.09. The maximum Gasteiger partial charge on any atom is 0.309 e. The number of likely N-dealkylation sites (tertiary alicyclic amines) is 2. The summed E-state index contributed by atoms with van der Waals surface area (Å²) in [5.41, 5.74) is 0. The van der Waals surface area contributed by atoms with Crippen molar-refractivity contribution in [3.8, 4) is 0 Å². The van der Waals surface area contributed by atoms with Gasteiger partial charge in [-0.1, -0.05) is 0 Å². The van der Waals surface area contributed by atoms with E-state index in [0.29, 0.717) is 6.61 Å². The smallest absolute Gasteiger partial charge is 0.309 e. The molecule has 0 bridgehead atoms. The van der Waals surface area contributed by atoms with E-state index >= 15 is 0 Å². The van der Waals surface area contributed by atoms with Gasteiger partial charge in [0.05, 0.1) is 51.3 Å². The number of quaternary nitrogens is 2. The van der Waals surface area contributed by atoms with E-state index in [1.165, 1.54) is 32.5 Å². The highest BCUT2D eigenvalue weighted by Gasteiger charge is 2.34. The van der Waals surface area contributed by atoms with Crippen molar-refractivity contribution in [2.24, 2.45) is 5.92 Å². The third kappa shape index (κ3) is 3.93. The topological polar surface area (TPSA) is 35.2 Å². The number of carbonyl (C=O) groups excluding carboxylic acids is 1. The summed E-state index contributed by atoms with van der Waals surface area (Å²) in [6, 6.07) is 0.846. The summed E-state index contributed by atoms with van der Waals surface area (Å²) in [5.74, 6) is 0.205. The second kappa shape index (κ2) is 7.25. The lowest BCUT2D eigenvalue weighted by Crippen LogP contribution is -3.21. The summed E-state index contributed by atoms with van der Waals surface area (Å²) in [6.45, 7) is 11.0. The van der Waals surface area contributed by atoms with Gasteiger partial charge in [-0.15, -0.1) is 0 Å². The third-order valence-electron chi connectivity index (χ3n) is 5.02. The van der Waals surface area contributed by atoms with Gasteiger partial charge in [0.15, 0.2) is 0 Å². The minimum absolute atomic E-state index is 0.0341. The first-order chi connectivity index (χ1) is 9.24. The van der Waals surface area contributed by atoms with Gasteiger partial charge in [-0.2, -0.15) is 0 Å². The van der Waals surface area contributed by atoms with Crippen molar-refractivity contribution in [1.82, 2.24) is 0 Å². The van der Waals surface area contributed by atoms with Crippen molar-refractivity contribution in [2.75, 3.05) is 39.3 Å². The molecule has 0 unspecified atom stereocenters. The number of esters is 1. The van der Waals surface area contributed by atoms with Crippen molar-refractivity contribution in [3.63, 3.8) is 0 Å². The first-order valence-corrected chi connectivity index (χ1v) is 8.09. The van der Waals surface area contributed by atoms with Crippen LogP contribution in [-0.4, -0.2) is 51.3 Å². The van der Waals surface area contributed by atoms with Crippen LogP contribution in [0.25, 0.3) is 0 Å². The van der Waals surface area contributed by atoms with Crippen LogP contribution in [0.15, 0.2) is 0 Å². The van der Waals surface area contributed by atoms with Crippen LogP contribution in [-0.2, 0) is 9.53 Å². The zero-order valence-corrected chi connectivity index (χ0v) is 12.5. The lowest BCUT2D eigenvalue weighted by Gasteiger charge is -2.37. The fourth-order valence-corrected chi connectivity index (χ4v) is 3.68. The Labute approximate surface area is 117 Å². The summed E-state index contributed by atoms with van der Waals surface area (Å²) in [6.07, 6.45) is 4.77. The minimum atomic E-state index is 0.0341. The molecule has 2 heterocycles. The molecular weight excluding hydrogens is 240 g/mol. The maximum atomic E-state index is 11.7. The highest BCUT2D eigenvalue weighted by molar-refractivity contribution is 5.72. The summed E-state index contributed by atoms with van der Waals surface area (Å²) in [4.78, 5) is 15.2. The molecule has 0 spiro atoms. The first-order valence-electron chi connectivity index (χ1n) is 8.09. The highest BCUT2D eigenvalue weighted by atomic mass is 16.5. The Bertz CT molecular complexity index is 280. The largest absolute Gasteiger partial charge is 0.466 e. The van der Waals surface area contributed by atoms with Gasteiger partial charge in [-0.3, -0.25) is 4.79 Å². The van der Waals surface area contributed by atoms with Gasteiger partial charge in [0, 0.05) is 25.7 Å². The van der Waals surface area contributed by atoms with Crippen molar-refractivity contribution in [2.45, 2.75) is 45.6 Å². The van der Waals surface area contributed by atoms with E-state index in [0.717, 1.165) is 32.0 Å². The van der Waals surface area contributed by atoms with Gasteiger partial charge in [0.2, 0.25) is 0 Å². The Morgan fingerprint density at radius 3 is 2.21 bits per heavy atom. The number of hydrogen-bond donors (Lipinski definition) is 2. The number of piperidine rings is 2. The summed E-state index contributed by atoms with van der Waals surface area (Å²) in [5, 5.41) is 0. The third-order valence-corrected chi connectivity index (χ3v) is 5.02. The molecule has 2 saturated heterocycles. The average Bonchev–Trinajstić information content (AvgIpc) is 2.48. The van der Waals surface area contributed by atoms with Gasteiger partial charge in [-0.05, 0) is 13.8 Å². The first kappa shape index (κ1) is 14.8. The Kier molecular flexibility index (Phi) is 5.64. The lowest BCUT2D eigenvalue weighted by atomic mass is 9.93. The number of rotatable bonds is 4. The van der Waals surface area contributed by atoms with E-state index in [4.69, 9.17) is 4.74 Å². The van der Waals surface area contributed by atoms with Gasteiger partial charge < -0.3 is 14.5 Å². The van der Waals surface area contributed by atoms with Crippen LogP contribution in [0.4, 0.5) is 0 Å². The molecule has 0 aromatic heterocycles. The number of carbonyl (C=O) groups is 1. The zero-order valence-electron chi connectivity index (χ0n) is 12.5. The Balaban J connectivity index is 1.73. The second-order valence-corrected chi connectivity index (χ2v) is 6.06. The van der Waals surface area contributed by atoms with E-state index in [2.05, 4.69) is 6.92 Å². The molecule has 0 amide bonds. The SMILES string of the molecule is CCOC(=O)C1CC[NH+](C2CC[NH+](CC)CC2)CC1. The zero-order chi connectivity index (χ0) is 13.7. The van der Waals surface area contributed by atoms with Gasteiger partial charge in [0.1, 0.15) is 0 Å². The van der Waals surface area contributed by atoms with Crippen LogP contribution in [0, 0.1) is 5.92 Å². The molecule has 19 heavy (non-hydrogen) atoms. The van der Waals surface area contributed by atoms with Crippen LogP contribution in [0.3, 0.4) is 0 Å². The lowest BCUT2D eigenvalue weighted by molar-refractivity contribution is -0.960. The fraction of sp³-hybridized carbons (Fsp3) is 0.933. The molecule has 2 aliphatic rings. The molecule has 0 radical (unpaired) electrons. The van der Waals surface area contributed by atoms with Gasteiger partial charge in [-0.25, -0.2) is 0 Å². The molecule has 4 heteroatoms. The summed E-state index contributed by atoms with van der Waals surface area (Å²) >= 11 is 0. The molecule has 0 aliphatic carbocycles. The number of hydrogen-bond acceptors (Lipinski definition) is 2. The summed E-state index contributed by atoms with van der Waals surface area (Å²) < 4.78 is 5.14. The molecule has 2 aliphatic heterocycles. The molecule has 0 aromatic rings. The van der Waals surface area contributed by atoms with Crippen LogP contribution < -0.4 is 9.80 Å². The van der Waals surface area contributed by atoms with E-state index in [1.54, 1.807) is 9.80 Å². The van der Waals surface area contributed by atoms with Crippen molar-refractivity contribution in [3.05, 3.63) is 0 Å². The molecule has 0 atom stereocenters. The van der Waals surface area contributed by atoms with Crippen LogP contribution in [0.1, 0.15) is 39.5 Å². The van der Waals surface area contributed by atoms with Crippen LogP contribution in [0.5, 0.6) is 0 Å². The molecule has 2 fully saturated rings. The van der Waals surface area contributed by atoms with Crippen molar-refractivity contribution < 1.29 is 19.3 Å². The standard InChI is InChI=1S/C15H28N2O2/c1-3-16-9-7-14(8-10-16)17-11-5-13(6-12-17)15(18)19-4-2/h13-14H,3-12H2,1-2H3/p+2. The van der Waals surface area contributed by atoms with E-state index in [9.17, 15) is 4.79 Å². The van der Waals surface area contributed by atoms with E-state index in [-0.39, 0.29) is 11.9 Å². The van der Waals surface area contributed by atoms with Gasteiger partial charge in [0.25, 0.3) is 0 Å². The highest BCUT2D eigenvalue weighted by Crippen LogP contribution is 2.12. The molecule has 2 N–H and O–H groups in total. The van der Waals surface area contributed by atoms with Crippen molar-refractivity contribution >= 4 is 5.97 Å². The number of nitrogens with one attached hydrogen (secondary N) is 2. The molecule has 110 valence electrons. The molecule has 4 nitrogen and oxygen atoms in total. The van der Waals surface area contributed by atoms with Crippen molar-refractivity contribution in [1.29, 1.82) is 0 Å². The maximum absolute atomic E-state index is 11.7.